The third kappa shape index (κ3) is 5.30. The summed E-state index contributed by atoms with van der Waals surface area (Å²) in [5.41, 5.74) is 0.682. The third-order valence-corrected chi connectivity index (χ3v) is 3.05. The van der Waals surface area contributed by atoms with Crippen molar-refractivity contribution in [1.82, 2.24) is 0 Å². The van der Waals surface area contributed by atoms with Crippen molar-refractivity contribution in [3.05, 3.63) is 53.6 Å². The summed E-state index contributed by atoms with van der Waals surface area (Å²) in [6, 6.07) is 14.1. The van der Waals surface area contributed by atoms with Crippen molar-refractivity contribution < 1.29 is 14.3 Å². The number of nitrogens with one attached hydrogen (secondary N) is 1. The van der Waals surface area contributed by atoms with Crippen molar-refractivity contribution in [3.8, 4) is 11.5 Å². The molecule has 0 aromatic heterocycles. The van der Waals surface area contributed by atoms with Crippen LogP contribution in [0.2, 0.25) is 5.02 Å². The van der Waals surface area contributed by atoms with E-state index in [1.54, 1.807) is 36.4 Å². The van der Waals surface area contributed by atoms with Gasteiger partial charge in [-0.05, 0) is 55.0 Å². The molecule has 5 heteroatoms. The molecule has 22 heavy (non-hydrogen) atoms. The molecule has 116 valence electrons. The van der Waals surface area contributed by atoms with Crippen LogP contribution in [0, 0.1) is 0 Å². The van der Waals surface area contributed by atoms with Crippen LogP contribution in [0.3, 0.4) is 0 Å². The lowest BCUT2D eigenvalue weighted by molar-refractivity contribution is -0.118. The van der Waals surface area contributed by atoms with E-state index in [0.717, 1.165) is 12.2 Å². The monoisotopic (exact) mass is 319 g/mol. The molecule has 0 saturated carbocycles. The molecule has 0 bridgehead atoms. The Morgan fingerprint density at radius 1 is 1.00 bits per heavy atom. The molecule has 0 heterocycles. The molecular formula is C17H18ClNO3. The normalized spacial score (nSPS) is 10.1. The van der Waals surface area contributed by atoms with Gasteiger partial charge in [0.15, 0.2) is 6.61 Å². The fraction of sp³-hybridized carbons (Fsp3) is 0.235. The number of amides is 1. The number of carbonyl (C=O) groups is 1. The number of anilines is 1. The maximum Gasteiger partial charge on any atom is 0.262 e. The van der Waals surface area contributed by atoms with Crippen LogP contribution in [0.1, 0.15) is 13.3 Å². The maximum atomic E-state index is 11.8. The SMILES string of the molecule is CCCOc1ccc(OCC(=O)Nc2ccc(Cl)cc2)cc1. The molecule has 0 radical (unpaired) electrons. The number of ether oxygens (including phenoxy) is 2. The Balaban J connectivity index is 1.79. The molecule has 0 aliphatic rings. The topological polar surface area (TPSA) is 47.6 Å². The molecule has 0 spiro atoms. The van der Waals surface area contributed by atoms with Gasteiger partial charge in [0.2, 0.25) is 0 Å². The van der Waals surface area contributed by atoms with Crippen molar-refractivity contribution in [2.45, 2.75) is 13.3 Å². The summed E-state index contributed by atoms with van der Waals surface area (Å²) in [4.78, 5) is 11.8. The van der Waals surface area contributed by atoms with Crippen LogP contribution >= 0.6 is 11.6 Å². The Labute approximate surface area is 135 Å². The average molecular weight is 320 g/mol. The Kier molecular flexibility index (Phi) is 6.10. The van der Waals surface area contributed by atoms with Gasteiger partial charge in [-0.3, -0.25) is 4.79 Å². The van der Waals surface area contributed by atoms with Gasteiger partial charge in [-0.15, -0.1) is 0 Å². The zero-order valence-electron chi connectivity index (χ0n) is 12.3. The van der Waals surface area contributed by atoms with Gasteiger partial charge in [0.1, 0.15) is 11.5 Å². The quantitative estimate of drug-likeness (QED) is 0.834. The lowest BCUT2D eigenvalue weighted by atomic mass is 10.3. The summed E-state index contributed by atoms with van der Waals surface area (Å²) < 4.78 is 10.9. The molecule has 0 saturated heterocycles. The van der Waals surface area contributed by atoms with Crippen LogP contribution in [0.5, 0.6) is 11.5 Å². The Bertz CT molecular complexity index is 596. The lowest BCUT2D eigenvalue weighted by Gasteiger charge is -2.09. The van der Waals surface area contributed by atoms with Crippen LogP contribution in [-0.2, 0) is 4.79 Å². The number of rotatable bonds is 7. The van der Waals surface area contributed by atoms with Gasteiger partial charge in [-0.1, -0.05) is 18.5 Å². The molecule has 2 aromatic carbocycles. The predicted molar refractivity (Wildman–Crippen MR) is 87.8 cm³/mol. The standard InChI is InChI=1S/C17H18ClNO3/c1-2-11-21-15-7-9-16(10-8-15)22-12-17(20)19-14-5-3-13(18)4-6-14/h3-10H,2,11-12H2,1H3,(H,19,20). The number of halogens is 1. The molecule has 0 aliphatic heterocycles. The summed E-state index contributed by atoms with van der Waals surface area (Å²) >= 11 is 5.79. The predicted octanol–water partition coefficient (Wildman–Crippen LogP) is 4.15. The maximum absolute atomic E-state index is 11.8. The largest absolute Gasteiger partial charge is 0.494 e. The third-order valence-electron chi connectivity index (χ3n) is 2.79. The van der Waals surface area contributed by atoms with Crippen molar-refractivity contribution in [3.63, 3.8) is 0 Å². The van der Waals surface area contributed by atoms with Crippen LogP contribution in [0.15, 0.2) is 48.5 Å². The van der Waals surface area contributed by atoms with E-state index in [0.29, 0.717) is 23.1 Å². The van der Waals surface area contributed by atoms with E-state index in [2.05, 4.69) is 12.2 Å². The zero-order valence-corrected chi connectivity index (χ0v) is 13.1. The summed E-state index contributed by atoms with van der Waals surface area (Å²) in [5.74, 6) is 1.18. The van der Waals surface area contributed by atoms with Crippen LogP contribution in [0.4, 0.5) is 5.69 Å². The van der Waals surface area contributed by atoms with Crippen LogP contribution < -0.4 is 14.8 Å². The first-order chi connectivity index (χ1) is 10.7. The Morgan fingerprint density at radius 3 is 2.18 bits per heavy atom. The molecule has 2 rings (SSSR count). The number of hydrogen-bond acceptors (Lipinski definition) is 3. The van der Waals surface area contributed by atoms with E-state index >= 15 is 0 Å². The van der Waals surface area contributed by atoms with Crippen molar-refractivity contribution in [2.24, 2.45) is 0 Å². The molecule has 1 amide bonds. The first-order valence-electron chi connectivity index (χ1n) is 7.08. The molecule has 4 nitrogen and oxygen atoms in total. The van der Waals surface area contributed by atoms with Crippen LogP contribution in [0.25, 0.3) is 0 Å². The molecule has 2 aromatic rings. The van der Waals surface area contributed by atoms with Gasteiger partial charge in [-0.2, -0.15) is 0 Å². The number of benzene rings is 2. The van der Waals surface area contributed by atoms with Crippen LogP contribution in [-0.4, -0.2) is 19.1 Å². The Morgan fingerprint density at radius 2 is 1.59 bits per heavy atom. The highest BCUT2D eigenvalue weighted by Gasteiger charge is 2.04. The molecule has 1 N–H and O–H groups in total. The first-order valence-corrected chi connectivity index (χ1v) is 7.46. The molecule has 0 aliphatic carbocycles. The van der Waals surface area contributed by atoms with Gasteiger partial charge in [-0.25, -0.2) is 0 Å². The summed E-state index contributed by atoms with van der Waals surface area (Å²) in [7, 11) is 0. The van der Waals surface area contributed by atoms with E-state index in [-0.39, 0.29) is 12.5 Å². The minimum atomic E-state index is -0.228. The highest BCUT2D eigenvalue weighted by atomic mass is 35.5. The summed E-state index contributed by atoms with van der Waals surface area (Å²) in [5, 5.41) is 3.36. The van der Waals surface area contributed by atoms with E-state index in [1.165, 1.54) is 0 Å². The molecular weight excluding hydrogens is 302 g/mol. The van der Waals surface area contributed by atoms with Crippen molar-refractivity contribution >= 4 is 23.2 Å². The van der Waals surface area contributed by atoms with Gasteiger partial charge >= 0.3 is 0 Å². The lowest BCUT2D eigenvalue weighted by Crippen LogP contribution is -2.20. The van der Waals surface area contributed by atoms with Gasteiger partial charge in [0.05, 0.1) is 6.61 Å². The van der Waals surface area contributed by atoms with Crippen molar-refractivity contribution in [2.75, 3.05) is 18.5 Å². The summed E-state index contributed by atoms with van der Waals surface area (Å²) in [6.45, 7) is 2.68. The molecule has 0 atom stereocenters. The van der Waals surface area contributed by atoms with Gasteiger partial charge in [0, 0.05) is 10.7 Å². The minimum Gasteiger partial charge on any atom is -0.494 e. The first kappa shape index (κ1) is 16.2. The Hall–Kier alpha value is -2.20. The number of carbonyl (C=O) groups excluding carboxylic acids is 1. The average Bonchev–Trinajstić information content (AvgIpc) is 2.54. The second-order valence-electron chi connectivity index (χ2n) is 4.66. The molecule has 0 unspecified atom stereocenters. The van der Waals surface area contributed by atoms with E-state index in [4.69, 9.17) is 21.1 Å². The fourth-order valence-electron chi connectivity index (χ4n) is 1.73. The highest BCUT2D eigenvalue weighted by molar-refractivity contribution is 6.30. The zero-order chi connectivity index (χ0) is 15.8. The van der Waals surface area contributed by atoms with E-state index < -0.39 is 0 Å². The smallest absolute Gasteiger partial charge is 0.262 e. The molecule has 0 fully saturated rings. The fourth-order valence-corrected chi connectivity index (χ4v) is 1.86. The second-order valence-corrected chi connectivity index (χ2v) is 5.10. The number of hydrogen-bond donors (Lipinski definition) is 1. The van der Waals surface area contributed by atoms with E-state index in [1.807, 2.05) is 12.1 Å². The minimum absolute atomic E-state index is 0.0577. The highest BCUT2D eigenvalue weighted by Crippen LogP contribution is 2.18. The second kappa shape index (κ2) is 8.29. The van der Waals surface area contributed by atoms with Gasteiger partial charge < -0.3 is 14.8 Å². The summed E-state index contributed by atoms with van der Waals surface area (Å²) in [6.07, 6.45) is 0.961. The van der Waals surface area contributed by atoms with E-state index in [9.17, 15) is 4.79 Å². The van der Waals surface area contributed by atoms with Gasteiger partial charge in [0.25, 0.3) is 5.91 Å². The van der Waals surface area contributed by atoms with Crippen molar-refractivity contribution in [1.29, 1.82) is 0 Å².